The Labute approximate surface area is 76.3 Å². The second kappa shape index (κ2) is 3.91. The Morgan fingerprint density at radius 2 is 2.31 bits per heavy atom. The third-order valence-corrected chi connectivity index (χ3v) is 1.85. The number of hydrazine groups is 1. The minimum atomic E-state index is -0.486. The lowest BCUT2D eigenvalue weighted by Crippen LogP contribution is -2.30. The molecule has 1 aromatic rings. The highest BCUT2D eigenvalue weighted by Crippen LogP contribution is 2.18. The van der Waals surface area contributed by atoms with Crippen molar-refractivity contribution >= 4 is 5.91 Å². The highest BCUT2D eigenvalue weighted by molar-refractivity contribution is 5.96. The van der Waals surface area contributed by atoms with Gasteiger partial charge in [0.2, 0.25) is 0 Å². The summed E-state index contributed by atoms with van der Waals surface area (Å²) in [6.45, 7) is 1.97. The molecule has 0 saturated carbocycles. The molecule has 0 saturated heterocycles. The van der Waals surface area contributed by atoms with Crippen molar-refractivity contribution in [3.8, 4) is 5.75 Å². The predicted molar refractivity (Wildman–Crippen MR) is 49.1 cm³/mol. The number of amides is 1. The van der Waals surface area contributed by atoms with Crippen LogP contribution in [0.4, 0.5) is 0 Å². The summed E-state index contributed by atoms with van der Waals surface area (Å²) in [6.07, 6.45) is 0.818. The van der Waals surface area contributed by atoms with Gasteiger partial charge in [0.25, 0.3) is 5.91 Å². The van der Waals surface area contributed by atoms with Gasteiger partial charge in [-0.2, -0.15) is 0 Å². The Bertz CT molecular complexity index is 323. The van der Waals surface area contributed by atoms with Gasteiger partial charge in [0, 0.05) is 0 Å². The standard InChI is InChI=1S/C9H12N2O2/c1-2-6-3-4-7(8(12)5-6)9(13)11-10/h3-5,12H,2,10H2,1H3,(H,11,13). The van der Waals surface area contributed by atoms with Crippen LogP contribution in [0.25, 0.3) is 0 Å². The van der Waals surface area contributed by atoms with Gasteiger partial charge in [0.05, 0.1) is 5.56 Å². The van der Waals surface area contributed by atoms with Crippen LogP contribution < -0.4 is 11.3 Å². The van der Waals surface area contributed by atoms with E-state index >= 15 is 0 Å². The molecule has 0 aliphatic rings. The van der Waals surface area contributed by atoms with Crippen LogP contribution in [0.5, 0.6) is 5.75 Å². The molecule has 0 unspecified atom stereocenters. The molecular weight excluding hydrogens is 168 g/mol. The Kier molecular flexibility index (Phi) is 2.87. The molecule has 1 aromatic carbocycles. The summed E-state index contributed by atoms with van der Waals surface area (Å²) in [5, 5.41) is 9.41. The summed E-state index contributed by atoms with van der Waals surface area (Å²) in [5.41, 5.74) is 3.13. The molecule has 0 fully saturated rings. The molecule has 0 heterocycles. The van der Waals surface area contributed by atoms with Crippen molar-refractivity contribution in [3.63, 3.8) is 0 Å². The molecule has 4 heteroatoms. The van der Waals surface area contributed by atoms with Crippen LogP contribution in [0.2, 0.25) is 0 Å². The molecule has 0 bridgehead atoms. The maximum absolute atomic E-state index is 11.0. The lowest BCUT2D eigenvalue weighted by atomic mass is 10.1. The Morgan fingerprint density at radius 1 is 1.62 bits per heavy atom. The van der Waals surface area contributed by atoms with Crippen molar-refractivity contribution in [1.29, 1.82) is 0 Å². The molecule has 1 rings (SSSR count). The highest BCUT2D eigenvalue weighted by atomic mass is 16.3. The van der Waals surface area contributed by atoms with E-state index in [-0.39, 0.29) is 11.3 Å². The van der Waals surface area contributed by atoms with Crippen LogP contribution in [0, 0.1) is 0 Å². The van der Waals surface area contributed by atoms with Gasteiger partial charge in [-0.1, -0.05) is 13.0 Å². The summed E-state index contributed by atoms with van der Waals surface area (Å²) in [7, 11) is 0. The molecule has 0 spiro atoms. The van der Waals surface area contributed by atoms with Gasteiger partial charge in [-0.05, 0) is 24.1 Å². The molecule has 70 valence electrons. The first-order valence-corrected chi connectivity index (χ1v) is 4.02. The number of carbonyl (C=O) groups excluding carboxylic acids is 1. The van der Waals surface area contributed by atoms with Crippen molar-refractivity contribution in [1.82, 2.24) is 5.43 Å². The van der Waals surface area contributed by atoms with Crippen LogP contribution in [-0.2, 0) is 6.42 Å². The van der Waals surface area contributed by atoms with Gasteiger partial charge in [0.1, 0.15) is 5.75 Å². The van der Waals surface area contributed by atoms with Crippen LogP contribution in [0.15, 0.2) is 18.2 Å². The van der Waals surface area contributed by atoms with E-state index in [1.165, 1.54) is 0 Å². The molecule has 0 aromatic heterocycles. The molecular formula is C9H12N2O2. The van der Waals surface area contributed by atoms with E-state index in [4.69, 9.17) is 5.84 Å². The number of carbonyl (C=O) groups is 1. The predicted octanol–water partition coefficient (Wildman–Crippen LogP) is 0.558. The Balaban J connectivity index is 3.05. The Morgan fingerprint density at radius 3 is 2.77 bits per heavy atom. The third-order valence-electron chi connectivity index (χ3n) is 1.85. The fourth-order valence-electron chi connectivity index (χ4n) is 1.07. The fourth-order valence-corrected chi connectivity index (χ4v) is 1.07. The van der Waals surface area contributed by atoms with Crippen molar-refractivity contribution < 1.29 is 9.90 Å². The highest BCUT2D eigenvalue weighted by Gasteiger charge is 2.08. The zero-order valence-corrected chi connectivity index (χ0v) is 7.37. The Hall–Kier alpha value is -1.55. The first-order valence-electron chi connectivity index (χ1n) is 4.02. The van der Waals surface area contributed by atoms with E-state index < -0.39 is 5.91 Å². The monoisotopic (exact) mass is 180 g/mol. The molecule has 0 atom stereocenters. The van der Waals surface area contributed by atoms with Gasteiger partial charge in [-0.25, -0.2) is 5.84 Å². The number of nitrogens with two attached hydrogens (primary N) is 1. The van der Waals surface area contributed by atoms with Gasteiger partial charge in [-0.3, -0.25) is 10.2 Å². The quantitative estimate of drug-likeness (QED) is 0.353. The number of nitrogens with one attached hydrogen (secondary N) is 1. The second-order valence-corrected chi connectivity index (χ2v) is 2.68. The fraction of sp³-hybridized carbons (Fsp3) is 0.222. The van der Waals surface area contributed by atoms with Crippen LogP contribution >= 0.6 is 0 Å². The molecule has 4 N–H and O–H groups in total. The number of hydrogen-bond acceptors (Lipinski definition) is 3. The zero-order valence-electron chi connectivity index (χ0n) is 7.37. The van der Waals surface area contributed by atoms with E-state index in [9.17, 15) is 9.90 Å². The lowest BCUT2D eigenvalue weighted by Gasteiger charge is -2.04. The summed E-state index contributed by atoms with van der Waals surface area (Å²) in [6, 6.07) is 4.89. The van der Waals surface area contributed by atoms with Gasteiger partial charge in [-0.15, -0.1) is 0 Å². The van der Waals surface area contributed by atoms with Crippen molar-refractivity contribution in [2.45, 2.75) is 13.3 Å². The average molecular weight is 180 g/mol. The topological polar surface area (TPSA) is 75.4 Å². The van der Waals surface area contributed by atoms with Crippen LogP contribution in [-0.4, -0.2) is 11.0 Å². The molecule has 0 aliphatic carbocycles. The van der Waals surface area contributed by atoms with E-state index in [0.717, 1.165) is 12.0 Å². The van der Waals surface area contributed by atoms with Gasteiger partial charge >= 0.3 is 0 Å². The first-order chi connectivity index (χ1) is 6.19. The van der Waals surface area contributed by atoms with E-state index in [2.05, 4.69) is 0 Å². The molecule has 4 nitrogen and oxygen atoms in total. The minimum absolute atomic E-state index is 0.0395. The number of aryl methyl sites for hydroxylation is 1. The van der Waals surface area contributed by atoms with E-state index in [1.54, 1.807) is 18.2 Å². The summed E-state index contributed by atoms with van der Waals surface area (Å²) in [4.78, 5) is 11.0. The second-order valence-electron chi connectivity index (χ2n) is 2.68. The number of nitrogen functional groups attached to an aromatic ring is 1. The summed E-state index contributed by atoms with van der Waals surface area (Å²) in [5.74, 6) is 4.41. The molecule has 0 radical (unpaired) electrons. The zero-order chi connectivity index (χ0) is 9.84. The van der Waals surface area contributed by atoms with Crippen LogP contribution in [0.3, 0.4) is 0 Å². The number of phenolic OH excluding ortho intramolecular Hbond substituents is 1. The average Bonchev–Trinajstić information content (AvgIpc) is 2.16. The van der Waals surface area contributed by atoms with Crippen LogP contribution in [0.1, 0.15) is 22.8 Å². The van der Waals surface area contributed by atoms with E-state index in [0.29, 0.717) is 0 Å². The normalized spacial score (nSPS) is 9.69. The number of phenols is 1. The third kappa shape index (κ3) is 1.97. The van der Waals surface area contributed by atoms with Crippen molar-refractivity contribution in [2.75, 3.05) is 0 Å². The van der Waals surface area contributed by atoms with Crippen molar-refractivity contribution in [2.24, 2.45) is 5.84 Å². The number of aromatic hydroxyl groups is 1. The number of hydrogen-bond donors (Lipinski definition) is 3. The maximum atomic E-state index is 11.0. The van der Waals surface area contributed by atoms with Gasteiger partial charge < -0.3 is 5.11 Å². The summed E-state index contributed by atoms with van der Waals surface area (Å²) < 4.78 is 0. The molecule has 1 amide bonds. The molecule has 0 aliphatic heterocycles. The largest absolute Gasteiger partial charge is 0.507 e. The first kappa shape index (κ1) is 9.54. The van der Waals surface area contributed by atoms with E-state index in [1.807, 2.05) is 12.3 Å². The lowest BCUT2D eigenvalue weighted by molar-refractivity contribution is 0.0951. The SMILES string of the molecule is CCc1ccc(C(=O)NN)c(O)c1. The smallest absolute Gasteiger partial charge is 0.268 e. The van der Waals surface area contributed by atoms with Crippen molar-refractivity contribution in [3.05, 3.63) is 29.3 Å². The maximum Gasteiger partial charge on any atom is 0.268 e. The van der Waals surface area contributed by atoms with Gasteiger partial charge in [0.15, 0.2) is 0 Å². The molecule has 13 heavy (non-hydrogen) atoms. The minimum Gasteiger partial charge on any atom is -0.507 e. The summed E-state index contributed by atoms with van der Waals surface area (Å²) >= 11 is 0. The number of rotatable bonds is 2. The number of benzene rings is 1.